The number of primary amides is 1. The molecule has 110 valence electrons. The predicted molar refractivity (Wildman–Crippen MR) is 76.4 cm³/mol. The van der Waals surface area contributed by atoms with Crippen molar-refractivity contribution in [1.82, 2.24) is 4.90 Å². The molecular formula is C15H16N2O4. The Hall–Kier alpha value is -2.63. The number of nitrogens with two attached hydrogens (primary N) is 1. The Labute approximate surface area is 121 Å². The summed E-state index contributed by atoms with van der Waals surface area (Å²) >= 11 is 0. The molecule has 0 spiro atoms. The van der Waals surface area contributed by atoms with Crippen LogP contribution in [-0.4, -0.2) is 40.4 Å². The molecule has 0 aliphatic carbocycles. The minimum atomic E-state index is -0.972. The zero-order valence-electron chi connectivity index (χ0n) is 11.4. The second-order valence-corrected chi connectivity index (χ2v) is 4.85. The van der Waals surface area contributed by atoms with Gasteiger partial charge in [-0.3, -0.25) is 9.59 Å². The second-order valence-electron chi connectivity index (χ2n) is 4.85. The Kier molecular flexibility index (Phi) is 4.37. The molecule has 1 heterocycles. The summed E-state index contributed by atoms with van der Waals surface area (Å²) in [6.07, 6.45) is 4.12. The van der Waals surface area contributed by atoms with Gasteiger partial charge in [-0.2, -0.15) is 0 Å². The van der Waals surface area contributed by atoms with Crippen molar-refractivity contribution in [3.63, 3.8) is 0 Å². The number of carboxylic acids is 1. The molecule has 1 aliphatic heterocycles. The molecule has 2 amide bonds. The molecule has 1 atom stereocenters. The molecular weight excluding hydrogens is 272 g/mol. The molecule has 1 aromatic rings. The summed E-state index contributed by atoms with van der Waals surface area (Å²) in [5, 5.41) is 9.04. The Morgan fingerprint density at radius 2 is 1.90 bits per heavy atom. The van der Waals surface area contributed by atoms with Crippen LogP contribution in [0.15, 0.2) is 30.3 Å². The van der Waals surface area contributed by atoms with Crippen LogP contribution in [-0.2, 0) is 9.59 Å². The van der Waals surface area contributed by atoms with Gasteiger partial charge in [0.1, 0.15) is 6.04 Å². The van der Waals surface area contributed by atoms with E-state index in [2.05, 4.69) is 0 Å². The van der Waals surface area contributed by atoms with Crippen molar-refractivity contribution < 1.29 is 19.5 Å². The molecule has 6 heteroatoms. The summed E-state index contributed by atoms with van der Waals surface area (Å²) < 4.78 is 0. The van der Waals surface area contributed by atoms with E-state index >= 15 is 0 Å². The quantitative estimate of drug-likeness (QED) is 0.803. The van der Waals surface area contributed by atoms with Crippen molar-refractivity contribution in [3.05, 3.63) is 41.5 Å². The van der Waals surface area contributed by atoms with Crippen molar-refractivity contribution in [2.24, 2.45) is 5.73 Å². The maximum Gasteiger partial charge on any atom is 0.326 e. The molecule has 0 aromatic heterocycles. The number of benzene rings is 1. The van der Waals surface area contributed by atoms with Crippen LogP contribution in [0.1, 0.15) is 28.8 Å². The fourth-order valence-electron chi connectivity index (χ4n) is 2.31. The summed E-state index contributed by atoms with van der Waals surface area (Å²) in [6, 6.07) is 5.75. The van der Waals surface area contributed by atoms with Gasteiger partial charge < -0.3 is 15.7 Å². The number of amides is 2. The van der Waals surface area contributed by atoms with Crippen LogP contribution in [0.4, 0.5) is 0 Å². The van der Waals surface area contributed by atoms with Gasteiger partial charge in [0.25, 0.3) is 0 Å². The monoisotopic (exact) mass is 288 g/mol. The SMILES string of the molecule is NC(=O)c1ccc(/C=C/C(=O)N2CCCC2C(=O)O)cc1. The minimum absolute atomic E-state index is 0.320. The molecule has 2 rings (SSSR count). The van der Waals surface area contributed by atoms with Gasteiger partial charge in [-0.25, -0.2) is 4.79 Å². The molecule has 6 nitrogen and oxygen atoms in total. The van der Waals surface area contributed by atoms with E-state index in [-0.39, 0.29) is 5.91 Å². The topological polar surface area (TPSA) is 101 Å². The average Bonchev–Trinajstić information content (AvgIpc) is 2.95. The molecule has 0 bridgehead atoms. The largest absolute Gasteiger partial charge is 0.480 e. The summed E-state index contributed by atoms with van der Waals surface area (Å²) in [7, 11) is 0. The van der Waals surface area contributed by atoms with Crippen molar-refractivity contribution in [1.29, 1.82) is 0 Å². The van der Waals surface area contributed by atoms with Crippen LogP contribution in [0.3, 0.4) is 0 Å². The fraction of sp³-hybridized carbons (Fsp3) is 0.267. The van der Waals surface area contributed by atoms with Crippen molar-refractivity contribution in [2.75, 3.05) is 6.54 Å². The third-order valence-electron chi connectivity index (χ3n) is 3.43. The van der Waals surface area contributed by atoms with Crippen LogP contribution in [0.5, 0.6) is 0 Å². The van der Waals surface area contributed by atoms with Gasteiger partial charge in [0.15, 0.2) is 0 Å². The van der Waals surface area contributed by atoms with E-state index < -0.39 is 17.9 Å². The molecule has 21 heavy (non-hydrogen) atoms. The number of carbonyl (C=O) groups is 3. The third-order valence-corrected chi connectivity index (χ3v) is 3.43. The maximum absolute atomic E-state index is 12.0. The van der Waals surface area contributed by atoms with E-state index in [9.17, 15) is 14.4 Å². The fourth-order valence-corrected chi connectivity index (χ4v) is 2.31. The van der Waals surface area contributed by atoms with Gasteiger partial charge in [-0.15, -0.1) is 0 Å². The van der Waals surface area contributed by atoms with E-state index in [1.807, 2.05) is 0 Å². The van der Waals surface area contributed by atoms with E-state index in [4.69, 9.17) is 10.8 Å². The lowest BCUT2D eigenvalue weighted by atomic mass is 10.1. The number of nitrogens with zero attached hydrogens (tertiary/aromatic N) is 1. The first-order valence-electron chi connectivity index (χ1n) is 6.60. The lowest BCUT2D eigenvalue weighted by molar-refractivity contribution is -0.146. The van der Waals surface area contributed by atoms with E-state index in [0.717, 1.165) is 5.56 Å². The summed E-state index contributed by atoms with van der Waals surface area (Å²) in [4.78, 5) is 35.3. The van der Waals surface area contributed by atoms with Crippen LogP contribution >= 0.6 is 0 Å². The minimum Gasteiger partial charge on any atom is -0.480 e. The van der Waals surface area contributed by atoms with Crippen LogP contribution < -0.4 is 5.73 Å². The Morgan fingerprint density at radius 1 is 1.24 bits per heavy atom. The summed E-state index contributed by atoms with van der Waals surface area (Å²) in [5.41, 5.74) is 6.27. The molecule has 1 aromatic carbocycles. The number of carbonyl (C=O) groups excluding carboxylic acids is 2. The highest BCUT2D eigenvalue weighted by Crippen LogP contribution is 2.18. The zero-order valence-corrected chi connectivity index (χ0v) is 11.4. The smallest absolute Gasteiger partial charge is 0.326 e. The normalized spacial score (nSPS) is 18.1. The number of aliphatic carboxylic acids is 1. The second kappa shape index (κ2) is 6.21. The predicted octanol–water partition coefficient (Wildman–Crippen LogP) is 0.874. The van der Waals surface area contributed by atoms with Crippen LogP contribution in [0.2, 0.25) is 0 Å². The van der Waals surface area contributed by atoms with Gasteiger partial charge in [-0.05, 0) is 36.6 Å². The Bertz CT molecular complexity index is 592. The molecule has 3 N–H and O–H groups in total. The zero-order chi connectivity index (χ0) is 15.4. The van der Waals surface area contributed by atoms with Gasteiger partial charge >= 0.3 is 5.97 Å². The van der Waals surface area contributed by atoms with E-state index in [1.54, 1.807) is 30.3 Å². The first-order chi connectivity index (χ1) is 9.99. The number of likely N-dealkylation sites (tertiary alicyclic amines) is 1. The summed E-state index contributed by atoms with van der Waals surface area (Å²) in [6.45, 7) is 0.459. The molecule has 1 fully saturated rings. The van der Waals surface area contributed by atoms with Crippen LogP contribution in [0, 0.1) is 0 Å². The highest BCUT2D eigenvalue weighted by Gasteiger charge is 2.32. The number of carboxylic acid groups (broad SMARTS) is 1. The number of hydrogen-bond donors (Lipinski definition) is 2. The maximum atomic E-state index is 12.0. The van der Waals surface area contributed by atoms with Crippen molar-refractivity contribution >= 4 is 23.9 Å². The number of rotatable bonds is 4. The van der Waals surface area contributed by atoms with Gasteiger partial charge in [0.2, 0.25) is 11.8 Å². The Balaban J connectivity index is 2.05. The lowest BCUT2D eigenvalue weighted by Crippen LogP contribution is -2.39. The highest BCUT2D eigenvalue weighted by atomic mass is 16.4. The lowest BCUT2D eigenvalue weighted by Gasteiger charge is -2.19. The first-order valence-corrected chi connectivity index (χ1v) is 6.60. The molecule has 1 aliphatic rings. The van der Waals surface area contributed by atoms with Crippen LogP contribution in [0.25, 0.3) is 6.08 Å². The molecule has 0 radical (unpaired) electrons. The third kappa shape index (κ3) is 3.47. The van der Waals surface area contributed by atoms with E-state index in [0.29, 0.717) is 24.9 Å². The molecule has 0 saturated carbocycles. The van der Waals surface area contributed by atoms with Gasteiger partial charge in [-0.1, -0.05) is 12.1 Å². The average molecular weight is 288 g/mol. The van der Waals surface area contributed by atoms with Gasteiger partial charge in [0.05, 0.1) is 0 Å². The summed E-state index contributed by atoms with van der Waals surface area (Å²) in [5.74, 6) is -1.80. The molecule has 1 unspecified atom stereocenters. The standard InChI is InChI=1S/C15H16N2O4/c16-14(19)11-6-3-10(4-7-11)5-8-13(18)17-9-1-2-12(17)15(20)21/h3-8,12H,1-2,9H2,(H2,16,19)(H,20,21)/b8-5+. The van der Waals surface area contributed by atoms with Crippen molar-refractivity contribution in [2.45, 2.75) is 18.9 Å². The first kappa shape index (κ1) is 14.8. The van der Waals surface area contributed by atoms with Crippen molar-refractivity contribution in [3.8, 4) is 0 Å². The Morgan fingerprint density at radius 3 is 2.48 bits per heavy atom. The van der Waals surface area contributed by atoms with Gasteiger partial charge in [0, 0.05) is 18.2 Å². The number of hydrogen-bond acceptors (Lipinski definition) is 3. The molecule has 1 saturated heterocycles. The van der Waals surface area contributed by atoms with E-state index in [1.165, 1.54) is 11.0 Å². The highest BCUT2D eigenvalue weighted by molar-refractivity contribution is 5.95.